The van der Waals surface area contributed by atoms with Crippen molar-refractivity contribution in [3.8, 4) is 11.3 Å². The SMILES string of the molecule is Cc1cc(-c2cc(C(F)(F)F)ccc2P)nc2ncccc12. The summed E-state index contributed by atoms with van der Waals surface area (Å²) in [6.45, 7) is 1.89. The normalized spacial score (nSPS) is 11.9. The van der Waals surface area contributed by atoms with Crippen molar-refractivity contribution in [2.24, 2.45) is 0 Å². The average molecular weight is 320 g/mol. The van der Waals surface area contributed by atoms with E-state index in [0.717, 1.165) is 23.1 Å². The van der Waals surface area contributed by atoms with Crippen LogP contribution in [0.5, 0.6) is 0 Å². The quantitative estimate of drug-likeness (QED) is 0.630. The first kappa shape index (κ1) is 14.9. The maximum atomic E-state index is 12.9. The molecule has 112 valence electrons. The third-order valence-corrected chi connectivity index (χ3v) is 3.95. The Bertz CT molecular complexity index is 860. The Morgan fingerprint density at radius 1 is 1.09 bits per heavy atom. The first-order valence-corrected chi connectivity index (χ1v) is 7.13. The summed E-state index contributed by atoms with van der Waals surface area (Å²) in [7, 11) is 2.45. The molecule has 2 aromatic heterocycles. The Morgan fingerprint density at radius 2 is 1.86 bits per heavy atom. The van der Waals surface area contributed by atoms with E-state index in [0.29, 0.717) is 22.2 Å². The van der Waals surface area contributed by atoms with E-state index in [2.05, 4.69) is 19.2 Å². The van der Waals surface area contributed by atoms with Crippen molar-refractivity contribution in [2.75, 3.05) is 0 Å². The third-order valence-electron chi connectivity index (χ3n) is 3.45. The second-order valence-electron chi connectivity index (χ2n) is 5.00. The molecule has 0 saturated heterocycles. The van der Waals surface area contributed by atoms with Crippen molar-refractivity contribution >= 4 is 25.6 Å². The number of nitrogens with zero attached hydrogens (tertiary/aromatic N) is 2. The molecule has 0 amide bonds. The predicted octanol–water partition coefficient (Wildman–Crippen LogP) is 4.12. The number of hydrogen-bond donors (Lipinski definition) is 0. The van der Waals surface area contributed by atoms with Gasteiger partial charge in [0.05, 0.1) is 11.3 Å². The van der Waals surface area contributed by atoms with E-state index in [1.165, 1.54) is 6.07 Å². The van der Waals surface area contributed by atoms with E-state index in [9.17, 15) is 13.2 Å². The summed E-state index contributed by atoms with van der Waals surface area (Å²) in [5.41, 5.74) is 1.69. The molecule has 6 heteroatoms. The number of hydrogen-bond acceptors (Lipinski definition) is 2. The first-order valence-electron chi connectivity index (χ1n) is 6.56. The van der Waals surface area contributed by atoms with Gasteiger partial charge in [0.25, 0.3) is 0 Å². The van der Waals surface area contributed by atoms with Gasteiger partial charge in [0.15, 0.2) is 5.65 Å². The van der Waals surface area contributed by atoms with Gasteiger partial charge < -0.3 is 0 Å². The van der Waals surface area contributed by atoms with Crippen molar-refractivity contribution in [3.63, 3.8) is 0 Å². The highest BCUT2D eigenvalue weighted by molar-refractivity contribution is 7.28. The van der Waals surface area contributed by atoms with E-state index in [1.807, 2.05) is 19.1 Å². The molecule has 0 aliphatic rings. The molecule has 0 radical (unpaired) electrons. The number of rotatable bonds is 1. The number of aromatic nitrogens is 2. The molecular weight excluding hydrogens is 308 g/mol. The second kappa shape index (κ2) is 5.33. The fraction of sp³-hybridized carbons (Fsp3) is 0.125. The van der Waals surface area contributed by atoms with Gasteiger partial charge in [0.2, 0.25) is 0 Å². The third kappa shape index (κ3) is 2.69. The van der Waals surface area contributed by atoms with Crippen molar-refractivity contribution in [2.45, 2.75) is 13.1 Å². The summed E-state index contributed by atoms with van der Waals surface area (Å²) >= 11 is 0. The lowest BCUT2D eigenvalue weighted by Gasteiger charge is -2.12. The number of aryl methyl sites for hydroxylation is 1. The Balaban J connectivity index is 2.23. The van der Waals surface area contributed by atoms with E-state index < -0.39 is 11.7 Å². The van der Waals surface area contributed by atoms with Gasteiger partial charge >= 0.3 is 6.18 Å². The molecule has 0 spiro atoms. The molecule has 1 aromatic carbocycles. The largest absolute Gasteiger partial charge is 0.416 e. The molecule has 1 atom stereocenters. The van der Waals surface area contributed by atoms with Crippen molar-refractivity contribution in [1.82, 2.24) is 9.97 Å². The van der Waals surface area contributed by atoms with E-state index >= 15 is 0 Å². The van der Waals surface area contributed by atoms with Crippen molar-refractivity contribution < 1.29 is 13.2 Å². The van der Waals surface area contributed by atoms with E-state index in [-0.39, 0.29) is 0 Å². The van der Waals surface area contributed by atoms with E-state index in [1.54, 1.807) is 12.3 Å². The second-order valence-corrected chi connectivity index (χ2v) is 5.62. The molecule has 0 N–H and O–H groups in total. The molecule has 3 rings (SSSR count). The van der Waals surface area contributed by atoms with Gasteiger partial charge in [-0.25, -0.2) is 9.97 Å². The predicted molar refractivity (Wildman–Crippen MR) is 84.1 cm³/mol. The van der Waals surface area contributed by atoms with Gasteiger partial charge in [-0.15, -0.1) is 9.24 Å². The molecule has 0 aliphatic carbocycles. The first-order chi connectivity index (χ1) is 10.4. The van der Waals surface area contributed by atoms with Crippen LogP contribution in [0, 0.1) is 6.92 Å². The van der Waals surface area contributed by atoms with Crippen molar-refractivity contribution in [3.05, 3.63) is 53.7 Å². The van der Waals surface area contributed by atoms with Gasteiger partial charge in [-0.2, -0.15) is 13.2 Å². The maximum absolute atomic E-state index is 12.9. The Hall–Kier alpha value is -2.00. The molecule has 0 bridgehead atoms. The summed E-state index contributed by atoms with van der Waals surface area (Å²) < 4.78 is 38.7. The van der Waals surface area contributed by atoms with Crippen LogP contribution in [0.15, 0.2) is 42.6 Å². The van der Waals surface area contributed by atoms with Gasteiger partial charge in [0.1, 0.15) is 0 Å². The van der Waals surface area contributed by atoms with Crippen LogP contribution in [0.2, 0.25) is 0 Å². The Morgan fingerprint density at radius 3 is 2.59 bits per heavy atom. The molecule has 0 aliphatic heterocycles. The molecule has 2 nitrogen and oxygen atoms in total. The summed E-state index contributed by atoms with van der Waals surface area (Å²) in [4.78, 5) is 8.59. The van der Waals surface area contributed by atoms with Crippen LogP contribution in [-0.2, 0) is 6.18 Å². The topological polar surface area (TPSA) is 25.8 Å². The van der Waals surface area contributed by atoms with Crippen LogP contribution in [0.1, 0.15) is 11.1 Å². The van der Waals surface area contributed by atoms with Gasteiger partial charge in [0, 0.05) is 17.1 Å². The Labute approximate surface area is 127 Å². The molecule has 0 saturated carbocycles. The molecule has 0 fully saturated rings. The lowest BCUT2D eigenvalue weighted by atomic mass is 10.0. The van der Waals surface area contributed by atoms with Gasteiger partial charge in [-0.05, 0) is 48.1 Å². The Kier molecular flexibility index (Phi) is 3.61. The fourth-order valence-electron chi connectivity index (χ4n) is 2.32. The minimum absolute atomic E-state index is 0.440. The maximum Gasteiger partial charge on any atom is 0.416 e. The monoisotopic (exact) mass is 320 g/mol. The zero-order chi connectivity index (χ0) is 15.9. The standard InChI is InChI=1S/C16H12F3N2P/c1-9-7-13(21-15-11(9)3-2-6-20-15)12-8-10(16(17,18)19)4-5-14(12)22/h2-8H,22H2,1H3. The van der Waals surface area contributed by atoms with E-state index in [4.69, 9.17) is 0 Å². The summed E-state index contributed by atoms with van der Waals surface area (Å²) in [5, 5.41) is 1.55. The minimum Gasteiger partial charge on any atom is -0.237 e. The van der Waals surface area contributed by atoms with Crippen LogP contribution < -0.4 is 5.30 Å². The number of pyridine rings is 2. The molecular formula is C16H12F3N2P. The summed E-state index contributed by atoms with van der Waals surface area (Å²) in [5.74, 6) is 0. The highest BCUT2D eigenvalue weighted by Crippen LogP contribution is 2.32. The number of benzene rings is 1. The average Bonchev–Trinajstić information content (AvgIpc) is 2.46. The molecule has 3 aromatic rings. The number of alkyl halides is 3. The lowest BCUT2D eigenvalue weighted by molar-refractivity contribution is -0.137. The van der Waals surface area contributed by atoms with Crippen LogP contribution in [0.4, 0.5) is 13.2 Å². The summed E-state index contributed by atoms with van der Waals surface area (Å²) in [6.07, 6.45) is -2.76. The zero-order valence-corrected chi connectivity index (χ0v) is 12.8. The summed E-state index contributed by atoms with van der Waals surface area (Å²) in [6, 6.07) is 9.11. The van der Waals surface area contributed by atoms with Crippen LogP contribution in [0.3, 0.4) is 0 Å². The van der Waals surface area contributed by atoms with Crippen LogP contribution >= 0.6 is 9.24 Å². The minimum atomic E-state index is -4.38. The highest BCUT2D eigenvalue weighted by Gasteiger charge is 2.31. The van der Waals surface area contributed by atoms with Gasteiger partial charge in [-0.1, -0.05) is 6.07 Å². The fourth-order valence-corrected chi connectivity index (χ4v) is 2.64. The van der Waals surface area contributed by atoms with Crippen LogP contribution in [-0.4, -0.2) is 9.97 Å². The molecule has 1 unspecified atom stereocenters. The van der Waals surface area contributed by atoms with Crippen LogP contribution in [0.25, 0.3) is 22.3 Å². The molecule has 22 heavy (non-hydrogen) atoms. The number of fused-ring (bicyclic) bond motifs is 1. The smallest absolute Gasteiger partial charge is 0.237 e. The number of halogens is 3. The lowest BCUT2D eigenvalue weighted by Crippen LogP contribution is -2.08. The van der Waals surface area contributed by atoms with Crippen molar-refractivity contribution in [1.29, 1.82) is 0 Å². The highest BCUT2D eigenvalue weighted by atomic mass is 31.0. The zero-order valence-electron chi connectivity index (χ0n) is 11.6. The van der Waals surface area contributed by atoms with Gasteiger partial charge in [-0.3, -0.25) is 0 Å². The molecule has 2 heterocycles.